The molecular formula is C17H12F5N4O2+. The molecule has 2 aromatic carbocycles. The van der Waals surface area contributed by atoms with Crippen LogP contribution < -0.4 is 14.8 Å². The van der Waals surface area contributed by atoms with Gasteiger partial charge in [0, 0.05) is 10.7 Å². The van der Waals surface area contributed by atoms with Gasteiger partial charge in [0.1, 0.15) is 17.4 Å². The molecule has 28 heavy (non-hydrogen) atoms. The van der Waals surface area contributed by atoms with E-state index < -0.39 is 35.2 Å². The van der Waals surface area contributed by atoms with Crippen LogP contribution in [0.1, 0.15) is 10.4 Å². The fourth-order valence-electron chi connectivity index (χ4n) is 2.42. The van der Waals surface area contributed by atoms with E-state index in [-0.39, 0.29) is 11.1 Å². The number of hydrogen-bond acceptors (Lipinski definition) is 3. The fraction of sp³-hybridized carbons (Fsp3) is 0.118. The van der Waals surface area contributed by atoms with Gasteiger partial charge in [0.2, 0.25) is 6.33 Å². The number of aryl methyl sites for hydroxylation is 1. The summed E-state index contributed by atoms with van der Waals surface area (Å²) < 4.78 is 71.7. The number of nitrogens with zero attached hydrogens (tertiary/aromatic N) is 3. The average molecular weight is 399 g/mol. The van der Waals surface area contributed by atoms with Crippen LogP contribution in [0.4, 0.5) is 22.0 Å². The van der Waals surface area contributed by atoms with Crippen molar-refractivity contribution in [3.63, 3.8) is 0 Å². The van der Waals surface area contributed by atoms with Gasteiger partial charge in [-0.25, -0.2) is 14.2 Å². The maximum Gasteiger partial charge on any atom is 0.573 e. The van der Waals surface area contributed by atoms with Gasteiger partial charge in [0.15, 0.2) is 0 Å². The largest absolute Gasteiger partial charge is 0.573 e. The maximum absolute atomic E-state index is 14.4. The van der Waals surface area contributed by atoms with Crippen LogP contribution in [0.3, 0.4) is 0 Å². The molecule has 0 spiro atoms. The second kappa shape index (κ2) is 7.25. The summed E-state index contributed by atoms with van der Waals surface area (Å²) in [6, 6.07) is 5.67. The van der Waals surface area contributed by atoms with Crippen LogP contribution in [-0.4, -0.2) is 22.1 Å². The van der Waals surface area contributed by atoms with Crippen molar-refractivity contribution < 1.29 is 36.2 Å². The number of benzene rings is 2. The van der Waals surface area contributed by atoms with Crippen molar-refractivity contribution in [2.24, 2.45) is 7.05 Å². The lowest BCUT2D eigenvalue weighted by Crippen LogP contribution is -2.46. The Hall–Kier alpha value is -3.50. The molecule has 0 radical (unpaired) electrons. The molecule has 3 aromatic rings. The highest BCUT2D eigenvalue weighted by Crippen LogP contribution is 2.30. The second-order valence-corrected chi connectivity index (χ2v) is 5.66. The highest BCUT2D eigenvalue weighted by atomic mass is 19.4. The summed E-state index contributed by atoms with van der Waals surface area (Å²) in [7, 11) is 1.61. The first-order valence-electron chi connectivity index (χ1n) is 7.69. The van der Waals surface area contributed by atoms with E-state index in [0.717, 1.165) is 36.4 Å². The Morgan fingerprint density at radius 3 is 2.25 bits per heavy atom. The van der Waals surface area contributed by atoms with E-state index >= 15 is 0 Å². The zero-order chi connectivity index (χ0) is 20.5. The third kappa shape index (κ3) is 4.42. The molecule has 0 atom stereocenters. The van der Waals surface area contributed by atoms with Gasteiger partial charge in [-0.15, -0.1) is 22.5 Å². The van der Waals surface area contributed by atoms with E-state index in [4.69, 9.17) is 0 Å². The standard InChI is InChI=1S/C17H11F5N4O2/c1-25-9-26(8-23-25)24-16(27)11-6-13(18)15(14(19)7-11)10-2-4-12(5-3-10)28-17(20,21)22/h2-9H,1H3/p+1. The van der Waals surface area contributed by atoms with Gasteiger partial charge in [-0.1, -0.05) is 12.1 Å². The van der Waals surface area contributed by atoms with E-state index in [2.05, 4.69) is 15.3 Å². The monoisotopic (exact) mass is 399 g/mol. The predicted molar refractivity (Wildman–Crippen MR) is 85.6 cm³/mol. The topological polar surface area (TPSA) is 60.0 Å². The maximum atomic E-state index is 14.4. The first-order chi connectivity index (χ1) is 13.1. The Morgan fingerprint density at radius 1 is 1.14 bits per heavy atom. The number of alkyl halides is 3. The third-order valence-electron chi connectivity index (χ3n) is 3.56. The van der Waals surface area contributed by atoms with Gasteiger partial charge >= 0.3 is 6.36 Å². The lowest BCUT2D eigenvalue weighted by molar-refractivity contribution is -0.642. The molecule has 6 nitrogen and oxygen atoms in total. The van der Waals surface area contributed by atoms with Crippen molar-refractivity contribution >= 4 is 5.91 Å². The molecule has 1 heterocycles. The van der Waals surface area contributed by atoms with Gasteiger partial charge in [0.25, 0.3) is 12.2 Å². The molecule has 1 N–H and O–H groups in total. The van der Waals surface area contributed by atoms with E-state index in [1.54, 1.807) is 7.05 Å². The number of hydrogen-bond donors (Lipinski definition) is 1. The van der Waals surface area contributed by atoms with Crippen molar-refractivity contribution in [3.8, 4) is 16.9 Å². The number of carbonyl (C=O) groups is 1. The van der Waals surface area contributed by atoms with Crippen molar-refractivity contribution in [2.45, 2.75) is 6.36 Å². The zero-order valence-corrected chi connectivity index (χ0v) is 14.2. The number of halogens is 5. The summed E-state index contributed by atoms with van der Waals surface area (Å²) in [5, 5.41) is 3.82. The Morgan fingerprint density at radius 2 is 1.75 bits per heavy atom. The highest BCUT2D eigenvalue weighted by molar-refractivity contribution is 5.99. The molecule has 0 aliphatic heterocycles. The van der Waals surface area contributed by atoms with Crippen LogP contribution in [0.25, 0.3) is 11.1 Å². The van der Waals surface area contributed by atoms with Gasteiger partial charge in [-0.05, 0) is 29.8 Å². The van der Waals surface area contributed by atoms with Crippen LogP contribution in [0.5, 0.6) is 5.75 Å². The summed E-state index contributed by atoms with van der Waals surface area (Å²) in [6.07, 6.45) is -2.17. The Balaban J connectivity index is 1.84. The van der Waals surface area contributed by atoms with Gasteiger partial charge in [0.05, 0.1) is 12.6 Å². The summed E-state index contributed by atoms with van der Waals surface area (Å²) in [5.41, 5.74) is 1.58. The first kappa shape index (κ1) is 19.3. The van der Waals surface area contributed by atoms with Crippen molar-refractivity contribution in [1.82, 2.24) is 9.78 Å². The molecule has 0 aliphatic rings. The normalized spacial score (nSPS) is 11.4. The SMILES string of the molecule is Cn1c[n+](NC(=O)c2cc(F)c(-c3ccc(OC(F)(F)F)cc3)c(F)c2)cn1. The van der Waals surface area contributed by atoms with Crippen molar-refractivity contribution in [1.29, 1.82) is 0 Å². The fourth-order valence-corrected chi connectivity index (χ4v) is 2.42. The van der Waals surface area contributed by atoms with E-state index in [0.29, 0.717) is 0 Å². The molecule has 1 aromatic heterocycles. The van der Waals surface area contributed by atoms with Gasteiger partial charge in [-0.3, -0.25) is 4.79 Å². The molecule has 1 amide bonds. The lowest BCUT2D eigenvalue weighted by atomic mass is 10.0. The minimum absolute atomic E-state index is 0.0156. The zero-order valence-electron chi connectivity index (χ0n) is 14.2. The van der Waals surface area contributed by atoms with Gasteiger partial charge in [-0.2, -0.15) is 0 Å². The molecular weight excluding hydrogens is 387 g/mol. The molecule has 3 rings (SSSR count). The Labute approximate surface area is 154 Å². The van der Waals surface area contributed by atoms with Crippen LogP contribution in [0.2, 0.25) is 0 Å². The molecule has 0 aliphatic carbocycles. The Kier molecular flexibility index (Phi) is 4.99. The van der Waals surface area contributed by atoms with Crippen LogP contribution in [0, 0.1) is 11.6 Å². The molecule has 11 heteroatoms. The van der Waals surface area contributed by atoms with Crippen molar-refractivity contribution in [2.75, 3.05) is 5.43 Å². The molecule has 0 unspecified atom stereocenters. The Bertz CT molecular complexity index is 992. The minimum Gasteiger partial charge on any atom is -0.406 e. The lowest BCUT2D eigenvalue weighted by Gasteiger charge is -2.11. The molecule has 0 saturated heterocycles. The first-order valence-corrected chi connectivity index (χ1v) is 7.69. The quantitative estimate of drug-likeness (QED) is 0.542. The predicted octanol–water partition coefficient (Wildman–Crippen LogP) is 2.94. The smallest absolute Gasteiger partial charge is 0.406 e. The van der Waals surface area contributed by atoms with Crippen LogP contribution >= 0.6 is 0 Å². The number of ether oxygens (including phenoxy) is 1. The van der Waals surface area contributed by atoms with Gasteiger partial charge < -0.3 is 4.74 Å². The number of amides is 1. The minimum atomic E-state index is -4.88. The van der Waals surface area contributed by atoms with E-state index in [1.165, 1.54) is 22.0 Å². The number of carbonyl (C=O) groups excluding carboxylic acids is 1. The third-order valence-corrected chi connectivity index (χ3v) is 3.56. The summed E-state index contributed by atoms with van der Waals surface area (Å²) >= 11 is 0. The molecule has 0 saturated carbocycles. The summed E-state index contributed by atoms with van der Waals surface area (Å²) in [4.78, 5) is 12.1. The summed E-state index contributed by atoms with van der Waals surface area (Å²) in [6.45, 7) is 0. The number of nitrogens with one attached hydrogen (secondary N) is 1. The molecule has 146 valence electrons. The second-order valence-electron chi connectivity index (χ2n) is 5.66. The molecule has 0 fully saturated rings. The van der Waals surface area contributed by atoms with E-state index in [1.807, 2.05) is 0 Å². The number of rotatable bonds is 4. The average Bonchev–Trinajstić information content (AvgIpc) is 2.99. The van der Waals surface area contributed by atoms with E-state index in [9.17, 15) is 26.7 Å². The number of aromatic nitrogens is 3. The van der Waals surface area contributed by atoms with Crippen LogP contribution in [-0.2, 0) is 7.05 Å². The highest BCUT2D eigenvalue weighted by Gasteiger charge is 2.31. The summed E-state index contributed by atoms with van der Waals surface area (Å²) in [5.74, 6) is -3.41. The van der Waals surface area contributed by atoms with Crippen molar-refractivity contribution in [3.05, 3.63) is 66.3 Å². The molecule has 0 bridgehead atoms. The van der Waals surface area contributed by atoms with Crippen LogP contribution in [0.15, 0.2) is 49.1 Å².